The number of Topliss-reactive ketones (excluding diaryl/α,β-unsaturated/α-hetero) is 1. The van der Waals surface area contributed by atoms with Crippen molar-refractivity contribution in [3.05, 3.63) is 46.6 Å². The van der Waals surface area contributed by atoms with Crippen LogP contribution >= 0.6 is 22.7 Å². The summed E-state index contributed by atoms with van der Waals surface area (Å²) in [7, 11) is 0. The van der Waals surface area contributed by atoms with Gasteiger partial charge in [-0.2, -0.15) is 0 Å². The van der Waals surface area contributed by atoms with E-state index in [0.717, 1.165) is 38.2 Å². The van der Waals surface area contributed by atoms with Crippen molar-refractivity contribution in [1.82, 2.24) is 4.98 Å². The molecule has 3 nitrogen and oxygen atoms in total. The number of hydrogen-bond donors (Lipinski definition) is 0. The largest absolute Gasteiger partial charge is 0.348 e. The minimum Gasteiger partial charge on any atom is -0.348 e. The molecule has 0 radical (unpaired) electrons. The second kappa shape index (κ2) is 6.61. The van der Waals surface area contributed by atoms with Crippen LogP contribution in [0.25, 0.3) is 9.53 Å². The molecule has 0 unspecified atom stereocenters. The summed E-state index contributed by atoms with van der Waals surface area (Å²) in [6.07, 6.45) is 4.06. The van der Waals surface area contributed by atoms with Crippen molar-refractivity contribution in [2.24, 2.45) is 0 Å². The van der Waals surface area contributed by atoms with Crippen LogP contribution in [0.15, 0.2) is 30.3 Å². The van der Waals surface area contributed by atoms with Crippen molar-refractivity contribution in [3.63, 3.8) is 0 Å². The third-order valence-electron chi connectivity index (χ3n) is 4.26. The fourth-order valence-electron chi connectivity index (χ4n) is 2.96. The summed E-state index contributed by atoms with van der Waals surface area (Å²) >= 11 is 3.20. The summed E-state index contributed by atoms with van der Waals surface area (Å²) in [4.78, 5) is 20.2. The lowest BCUT2D eigenvalue weighted by atomic mass is 10.1. The molecule has 3 heterocycles. The average Bonchev–Trinajstić information content (AvgIpc) is 3.17. The molecule has 6 heteroatoms. The Kier molecular flexibility index (Phi) is 4.33. The highest BCUT2D eigenvalue weighted by atomic mass is 32.2. The summed E-state index contributed by atoms with van der Waals surface area (Å²) in [6, 6.07) is 8.01. The number of benzene rings is 1. The monoisotopic (exact) mass is 360 g/mol. The SMILES string of the molecule is O=C(Cc1ccc(F)cc1)c1cc2nc(N3CCCCC3)sc2s1. The van der Waals surface area contributed by atoms with Crippen molar-refractivity contribution in [2.45, 2.75) is 25.7 Å². The van der Waals surface area contributed by atoms with Crippen LogP contribution in [0.4, 0.5) is 9.52 Å². The van der Waals surface area contributed by atoms with Gasteiger partial charge in [0.05, 0.1) is 10.4 Å². The standard InChI is InChI=1S/C18H17FN2OS2/c19-13-6-4-12(5-7-13)10-15(22)16-11-14-17(23-16)24-18(20-14)21-8-2-1-3-9-21/h4-7,11H,1-3,8-10H2. The number of aromatic nitrogens is 1. The molecular weight excluding hydrogens is 343 g/mol. The van der Waals surface area contributed by atoms with Crippen LogP contribution in [0.2, 0.25) is 0 Å². The van der Waals surface area contributed by atoms with Crippen LogP contribution in [0.1, 0.15) is 34.5 Å². The Bertz CT molecular complexity index is 831. The number of hydrogen-bond acceptors (Lipinski definition) is 5. The van der Waals surface area contributed by atoms with E-state index in [2.05, 4.69) is 4.90 Å². The van der Waals surface area contributed by atoms with Crippen LogP contribution < -0.4 is 4.90 Å². The molecule has 1 saturated heterocycles. The molecule has 3 aromatic rings. The van der Waals surface area contributed by atoms with E-state index in [1.54, 1.807) is 23.5 Å². The topological polar surface area (TPSA) is 33.2 Å². The molecule has 1 aromatic carbocycles. The molecule has 24 heavy (non-hydrogen) atoms. The summed E-state index contributed by atoms with van der Waals surface area (Å²) in [5.74, 6) is -0.214. The molecule has 0 spiro atoms. The van der Waals surface area contributed by atoms with Crippen molar-refractivity contribution < 1.29 is 9.18 Å². The van der Waals surface area contributed by atoms with E-state index in [9.17, 15) is 9.18 Å². The maximum Gasteiger partial charge on any atom is 0.187 e. The number of fused-ring (bicyclic) bond motifs is 1. The highest BCUT2D eigenvalue weighted by Crippen LogP contribution is 2.36. The Labute approximate surface area is 147 Å². The summed E-state index contributed by atoms with van der Waals surface area (Å²) in [6.45, 7) is 2.16. The van der Waals surface area contributed by atoms with Gasteiger partial charge in [-0.25, -0.2) is 9.37 Å². The number of piperidine rings is 1. The number of anilines is 1. The molecule has 0 atom stereocenters. The molecule has 1 aliphatic heterocycles. The zero-order chi connectivity index (χ0) is 16.5. The van der Waals surface area contributed by atoms with Gasteiger partial charge in [-0.05, 0) is 43.0 Å². The maximum atomic E-state index is 12.9. The minimum absolute atomic E-state index is 0.0660. The van der Waals surface area contributed by atoms with E-state index in [1.807, 2.05) is 6.07 Å². The Morgan fingerprint density at radius 1 is 1.12 bits per heavy atom. The smallest absolute Gasteiger partial charge is 0.187 e. The van der Waals surface area contributed by atoms with Gasteiger partial charge in [0.25, 0.3) is 0 Å². The Hall–Kier alpha value is -1.79. The molecule has 0 bridgehead atoms. The van der Waals surface area contributed by atoms with Gasteiger partial charge in [-0.15, -0.1) is 11.3 Å². The zero-order valence-electron chi connectivity index (χ0n) is 13.1. The second-order valence-electron chi connectivity index (χ2n) is 6.05. The van der Waals surface area contributed by atoms with Gasteiger partial charge in [0.2, 0.25) is 0 Å². The minimum atomic E-state index is -0.280. The van der Waals surface area contributed by atoms with Crippen LogP contribution in [-0.4, -0.2) is 23.9 Å². The van der Waals surface area contributed by atoms with Crippen LogP contribution in [-0.2, 0) is 6.42 Å². The van der Waals surface area contributed by atoms with E-state index in [1.165, 1.54) is 42.7 Å². The second-order valence-corrected chi connectivity index (χ2v) is 8.34. The first-order valence-corrected chi connectivity index (χ1v) is 9.75. The summed E-state index contributed by atoms with van der Waals surface area (Å²) in [5, 5.41) is 1.08. The maximum absolute atomic E-state index is 12.9. The first kappa shape index (κ1) is 15.7. The zero-order valence-corrected chi connectivity index (χ0v) is 14.8. The fourth-order valence-corrected chi connectivity index (χ4v) is 5.21. The molecule has 0 N–H and O–H groups in total. The highest BCUT2D eigenvalue weighted by Gasteiger charge is 2.18. The Morgan fingerprint density at radius 2 is 1.88 bits per heavy atom. The van der Waals surface area contributed by atoms with Gasteiger partial charge < -0.3 is 4.90 Å². The van der Waals surface area contributed by atoms with E-state index >= 15 is 0 Å². The quantitative estimate of drug-likeness (QED) is 0.620. The van der Waals surface area contributed by atoms with Crippen molar-refractivity contribution in [3.8, 4) is 0 Å². The Balaban J connectivity index is 1.51. The third kappa shape index (κ3) is 3.21. The van der Waals surface area contributed by atoms with Gasteiger partial charge >= 0.3 is 0 Å². The van der Waals surface area contributed by atoms with Crippen molar-refractivity contribution >= 4 is 43.1 Å². The summed E-state index contributed by atoms with van der Waals surface area (Å²) < 4.78 is 14.1. The predicted octanol–water partition coefficient (Wildman–Crippen LogP) is 4.91. The molecule has 4 rings (SSSR count). The number of rotatable bonds is 4. The number of ketones is 1. The van der Waals surface area contributed by atoms with E-state index < -0.39 is 0 Å². The number of carbonyl (C=O) groups is 1. The lowest BCUT2D eigenvalue weighted by molar-refractivity contribution is 0.0997. The lowest BCUT2D eigenvalue weighted by Gasteiger charge is -2.25. The molecule has 124 valence electrons. The van der Waals surface area contributed by atoms with Crippen LogP contribution in [0, 0.1) is 5.82 Å². The molecular formula is C18H17FN2OS2. The number of halogens is 1. The van der Waals surface area contributed by atoms with E-state index in [4.69, 9.17) is 4.98 Å². The molecule has 1 fully saturated rings. The van der Waals surface area contributed by atoms with E-state index in [0.29, 0.717) is 6.42 Å². The molecule has 0 amide bonds. The Morgan fingerprint density at radius 3 is 2.58 bits per heavy atom. The van der Waals surface area contributed by atoms with Gasteiger partial charge in [0.1, 0.15) is 9.83 Å². The van der Waals surface area contributed by atoms with Crippen LogP contribution in [0.3, 0.4) is 0 Å². The molecule has 0 saturated carbocycles. The van der Waals surface area contributed by atoms with Gasteiger partial charge in [0, 0.05) is 19.5 Å². The highest BCUT2D eigenvalue weighted by molar-refractivity contribution is 7.40. The third-order valence-corrected chi connectivity index (χ3v) is 6.65. The van der Waals surface area contributed by atoms with Crippen LogP contribution in [0.5, 0.6) is 0 Å². The van der Waals surface area contributed by atoms with Crippen molar-refractivity contribution in [2.75, 3.05) is 18.0 Å². The molecule has 2 aromatic heterocycles. The molecule has 0 aliphatic carbocycles. The number of thiazole rings is 1. The van der Waals surface area contributed by atoms with Gasteiger partial charge in [-0.3, -0.25) is 4.79 Å². The lowest BCUT2D eigenvalue weighted by Crippen LogP contribution is -2.29. The molecule has 1 aliphatic rings. The van der Waals surface area contributed by atoms with Gasteiger partial charge in [0.15, 0.2) is 10.9 Å². The van der Waals surface area contributed by atoms with Gasteiger partial charge in [-0.1, -0.05) is 23.5 Å². The number of nitrogens with zero attached hydrogens (tertiary/aromatic N) is 2. The van der Waals surface area contributed by atoms with E-state index in [-0.39, 0.29) is 11.6 Å². The number of thiophene rings is 1. The fraction of sp³-hybridized carbons (Fsp3) is 0.333. The number of carbonyl (C=O) groups excluding carboxylic acids is 1. The summed E-state index contributed by atoms with van der Waals surface area (Å²) in [5.41, 5.74) is 1.76. The predicted molar refractivity (Wildman–Crippen MR) is 98.0 cm³/mol. The first-order valence-electron chi connectivity index (χ1n) is 8.12. The first-order chi connectivity index (χ1) is 11.7. The normalized spacial score (nSPS) is 15.1. The van der Waals surface area contributed by atoms with Crippen molar-refractivity contribution in [1.29, 1.82) is 0 Å². The average molecular weight is 360 g/mol.